The molecule has 0 aliphatic rings. The third-order valence-electron chi connectivity index (χ3n) is 3.58. The Hall–Kier alpha value is -2.40. The molecule has 1 amide bonds. The van der Waals surface area contributed by atoms with E-state index in [9.17, 15) is 4.79 Å². The van der Waals surface area contributed by atoms with Crippen LogP contribution in [0.2, 0.25) is 0 Å². The van der Waals surface area contributed by atoms with Crippen molar-refractivity contribution in [3.63, 3.8) is 0 Å². The Morgan fingerprint density at radius 1 is 1.14 bits per heavy atom. The second-order valence-corrected chi connectivity index (χ2v) is 6.14. The molecule has 5 heteroatoms. The van der Waals surface area contributed by atoms with Crippen LogP contribution in [0.3, 0.4) is 0 Å². The molecule has 0 aliphatic heterocycles. The lowest BCUT2D eigenvalue weighted by molar-refractivity contribution is 0.102. The van der Waals surface area contributed by atoms with Crippen LogP contribution >= 0.6 is 11.3 Å². The van der Waals surface area contributed by atoms with Crippen LogP contribution in [0.25, 0.3) is 10.2 Å². The van der Waals surface area contributed by atoms with Gasteiger partial charge in [0.05, 0.1) is 17.3 Å². The van der Waals surface area contributed by atoms with Crippen LogP contribution < -0.4 is 10.1 Å². The van der Waals surface area contributed by atoms with E-state index in [0.29, 0.717) is 10.7 Å². The molecule has 0 saturated heterocycles. The molecule has 3 aromatic rings. The van der Waals surface area contributed by atoms with E-state index in [1.54, 1.807) is 7.11 Å². The van der Waals surface area contributed by atoms with E-state index in [2.05, 4.69) is 10.3 Å². The lowest BCUT2D eigenvalue weighted by Gasteiger charge is -2.04. The van der Waals surface area contributed by atoms with Crippen LogP contribution in [-0.4, -0.2) is 18.0 Å². The minimum absolute atomic E-state index is 0.144. The fraction of sp³-hybridized carbons (Fsp3) is 0.176. The summed E-state index contributed by atoms with van der Waals surface area (Å²) in [5.74, 6) is 0.610. The summed E-state index contributed by atoms with van der Waals surface area (Å²) >= 11 is 1.45. The topological polar surface area (TPSA) is 51.2 Å². The van der Waals surface area contributed by atoms with Crippen molar-refractivity contribution in [2.75, 3.05) is 12.4 Å². The first-order chi connectivity index (χ1) is 10.6. The number of anilines is 1. The first-order valence-corrected chi connectivity index (χ1v) is 7.71. The molecular formula is C17H16N2O2S. The summed E-state index contributed by atoms with van der Waals surface area (Å²) in [6.45, 7) is 4.02. The van der Waals surface area contributed by atoms with Gasteiger partial charge in [0.25, 0.3) is 5.91 Å². The van der Waals surface area contributed by atoms with E-state index in [1.165, 1.54) is 16.9 Å². The molecular weight excluding hydrogens is 296 g/mol. The van der Waals surface area contributed by atoms with Crippen molar-refractivity contribution in [3.05, 3.63) is 53.1 Å². The average Bonchev–Trinajstić information content (AvgIpc) is 2.90. The van der Waals surface area contributed by atoms with Gasteiger partial charge in [-0.25, -0.2) is 4.98 Å². The summed E-state index contributed by atoms with van der Waals surface area (Å²) in [5, 5.41) is 3.45. The first kappa shape index (κ1) is 14.5. The molecule has 4 nitrogen and oxygen atoms in total. The molecule has 0 spiro atoms. The number of amides is 1. The second kappa shape index (κ2) is 5.77. The van der Waals surface area contributed by atoms with Crippen LogP contribution in [0.15, 0.2) is 36.4 Å². The summed E-state index contributed by atoms with van der Waals surface area (Å²) in [6.07, 6.45) is 0. The molecule has 0 aliphatic carbocycles. The predicted molar refractivity (Wildman–Crippen MR) is 90.0 cm³/mol. The van der Waals surface area contributed by atoms with Gasteiger partial charge in [0, 0.05) is 11.6 Å². The van der Waals surface area contributed by atoms with Crippen molar-refractivity contribution < 1.29 is 9.53 Å². The maximum absolute atomic E-state index is 12.3. The zero-order chi connectivity index (χ0) is 15.7. The number of benzene rings is 2. The molecule has 3 rings (SSSR count). The van der Waals surface area contributed by atoms with E-state index in [4.69, 9.17) is 4.74 Å². The Morgan fingerprint density at radius 2 is 1.95 bits per heavy atom. The van der Waals surface area contributed by atoms with E-state index in [-0.39, 0.29) is 5.91 Å². The van der Waals surface area contributed by atoms with E-state index < -0.39 is 0 Å². The Morgan fingerprint density at radius 3 is 2.68 bits per heavy atom. The lowest BCUT2D eigenvalue weighted by atomic mass is 10.1. The molecule has 0 unspecified atom stereocenters. The number of nitrogens with one attached hydrogen (secondary N) is 1. The van der Waals surface area contributed by atoms with Crippen LogP contribution in [-0.2, 0) is 0 Å². The fourth-order valence-corrected chi connectivity index (χ4v) is 2.98. The van der Waals surface area contributed by atoms with Gasteiger partial charge in [0.1, 0.15) is 5.75 Å². The molecule has 0 fully saturated rings. The Bertz CT molecular complexity index is 855. The number of rotatable bonds is 3. The SMILES string of the molecule is COc1ccc2sc(NC(=O)c3ccc(C)c(C)c3)nc2c1. The normalized spacial score (nSPS) is 10.7. The standard InChI is InChI=1S/C17H16N2O2S/c1-10-4-5-12(8-11(10)2)16(20)19-17-18-14-9-13(21-3)6-7-15(14)22-17/h4-9H,1-3H3,(H,18,19,20). The number of nitrogens with zero attached hydrogens (tertiary/aromatic N) is 1. The third kappa shape index (κ3) is 2.80. The summed E-state index contributed by atoms with van der Waals surface area (Å²) in [6, 6.07) is 11.4. The maximum Gasteiger partial charge on any atom is 0.257 e. The molecule has 2 aromatic carbocycles. The largest absolute Gasteiger partial charge is 0.497 e. The van der Waals surface area contributed by atoms with Gasteiger partial charge >= 0.3 is 0 Å². The van der Waals surface area contributed by atoms with Crippen molar-refractivity contribution >= 4 is 32.6 Å². The highest BCUT2D eigenvalue weighted by molar-refractivity contribution is 7.22. The van der Waals surface area contributed by atoms with E-state index >= 15 is 0 Å². The van der Waals surface area contributed by atoms with E-state index in [0.717, 1.165) is 21.5 Å². The third-order valence-corrected chi connectivity index (χ3v) is 4.54. The van der Waals surface area contributed by atoms with Gasteiger partial charge in [0.15, 0.2) is 5.13 Å². The number of hydrogen-bond donors (Lipinski definition) is 1. The monoisotopic (exact) mass is 312 g/mol. The summed E-state index contributed by atoms with van der Waals surface area (Å²) in [5.41, 5.74) is 3.73. The number of thiazole rings is 1. The van der Waals surface area contributed by atoms with Crippen molar-refractivity contribution in [2.45, 2.75) is 13.8 Å². The number of fused-ring (bicyclic) bond motifs is 1. The quantitative estimate of drug-likeness (QED) is 0.789. The van der Waals surface area contributed by atoms with Gasteiger partial charge in [-0.05, 0) is 49.2 Å². The number of aryl methyl sites for hydroxylation is 2. The van der Waals surface area contributed by atoms with Gasteiger partial charge < -0.3 is 4.74 Å². The Kier molecular flexibility index (Phi) is 3.81. The summed E-state index contributed by atoms with van der Waals surface area (Å²) < 4.78 is 6.19. The number of methoxy groups -OCH3 is 1. The molecule has 1 N–H and O–H groups in total. The highest BCUT2D eigenvalue weighted by Gasteiger charge is 2.11. The smallest absolute Gasteiger partial charge is 0.257 e. The van der Waals surface area contributed by atoms with Crippen LogP contribution in [0.1, 0.15) is 21.5 Å². The number of ether oxygens (including phenoxy) is 1. The van der Waals surface area contributed by atoms with Crippen LogP contribution in [0.5, 0.6) is 5.75 Å². The van der Waals surface area contributed by atoms with Crippen molar-refractivity contribution in [1.82, 2.24) is 4.98 Å². The molecule has 1 aromatic heterocycles. The Labute approximate surface area is 132 Å². The van der Waals surface area contributed by atoms with Gasteiger partial charge in [-0.2, -0.15) is 0 Å². The zero-order valence-corrected chi connectivity index (χ0v) is 13.5. The second-order valence-electron chi connectivity index (χ2n) is 5.11. The van der Waals surface area contributed by atoms with Crippen molar-refractivity contribution in [2.24, 2.45) is 0 Å². The lowest BCUT2D eigenvalue weighted by Crippen LogP contribution is -2.11. The molecule has 0 atom stereocenters. The number of carbonyl (C=O) groups is 1. The Balaban J connectivity index is 1.85. The average molecular weight is 312 g/mol. The molecule has 0 saturated carbocycles. The minimum Gasteiger partial charge on any atom is -0.497 e. The fourth-order valence-electron chi connectivity index (χ4n) is 2.14. The molecule has 0 bridgehead atoms. The van der Waals surface area contributed by atoms with Crippen molar-refractivity contribution in [1.29, 1.82) is 0 Å². The van der Waals surface area contributed by atoms with Gasteiger partial charge in [0.2, 0.25) is 0 Å². The molecule has 0 radical (unpaired) electrons. The first-order valence-electron chi connectivity index (χ1n) is 6.90. The van der Waals surface area contributed by atoms with Gasteiger partial charge in [-0.3, -0.25) is 10.1 Å². The minimum atomic E-state index is -0.144. The van der Waals surface area contributed by atoms with E-state index in [1.807, 2.05) is 50.2 Å². The highest BCUT2D eigenvalue weighted by atomic mass is 32.1. The summed E-state index contributed by atoms with van der Waals surface area (Å²) in [4.78, 5) is 16.7. The van der Waals surface area contributed by atoms with Crippen LogP contribution in [0.4, 0.5) is 5.13 Å². The van der Waals surface area contributed by atoms with Crippen LogP contribution in [0, 0.1) is 13.8 Å². The predicted octanol–water partition coefficient (Wildman–Crippen LogP) is 4.17. The highest BCUT2D eigenvalue weighted by Crippen LogP contribution is 2.29. The molecule has 1 heterocycles. The zero-order valence-electron chi connectivity index (χ0n) is 12.6. The number of carbonyl (C=O) groups excluding carboxylic acids is 1. The van der Waals surface area contributed by atoms with Crippen molar-refractivity contribution in [3.8, 4) is 5.75 Å². The summed E-state index contributed by atoms with van der Waals surface area (Å²) in [7, 11) is 1.62. The maximum atomic E-state index is 12.3. The number of aromatic nitrogens is 1. The number of hydrogen-bond acceptors (Lipinski definition) is 4. The molecule has 112 valence electrons. The van der Waals surface area contributed by atoms with Gasteiger partial charge in [-0.1, -0.05) is 17.4 Å². The van der Waals surface area contributed by atoms with Gasteiger partial charge in [-0.15, -0.1) is 0 Å². The molecule has 22 heavy (non-hydrogen) atoms.